The van der Waals surface area contributed by atoms with E-state index in [-0.39, 0.29) is 5.82 Å². The number of carbonyl (C=O) groups excluding carboxylic acids is 2. The lowest BCUT2D eigenvalue weighted by molar-refractivity contribution is -0.161. The SMILES string of the molecule is CC(C)(C)C(=O)OCOP(=O)(C=CC1(CCl)OC(n2ccc(N)nc2=O)C(F)C1O)OCOC(=O)C(C)(C)C. The molecule has 3 N–H and O–H groups in total. The van der Waals surface area contributed by atoms with Crippen molar-refractivity contribution in [1.82, 2.24) is 9.55 Å². The molecule has 1 aromatic heterocycles. The van der Waals surface area contributed by atoms with Gasteiger partial charge in [0.2, 0.25) is 13.6 Å². The van der Waals surface area contributed by atoms with Gasteiger partial charge in [-0.25, -0.2) is 9.18 Å². The van der Waals surface area contributed by atoms with Gasteiger partial charge in [-0.05, 0) is 53.7 Å². The minimum Gasteiger partial charge on any atom is -0.438 e. The molecule has 16 heteroatoms. The molecule has 4 atom stereocenters. The van der Waals surface area contributed by atoms with E-state index in [0.29, 0.717) is 0 Å². The molecule has 0 aliphatic carbocycles. The first-order chi connectivity index (χ1) is 17.8. The van der Waals surface area contributed by atoms with Crippen LogP contribution in [-0.4, -0.2) is 63.9 Å². The zero-order chi connectivity index (χ0) is 29.8. The highest BCUT2D eigenvalue weighted by Gasteiger charge is 2.55. The summed E-state index contributed by atoms with van der Waals surface area (Å²) in [7, 11) is -4.40. The van der Waals surface area contributed by atoms with E-state index in [4.69, 9.17) is 40.6 Å². The molecule has 2 rings (SSSR count). The smallest absolute Gasteiger partial charge is 0.359 e. The number of carbonyl (C=O) groups is 2. The number of hydrogen-bond acceptors (Lipinski definition) is 12. The van der Waals surface area contributed by atoms with Gasteiger partial charge >= 0.3 is 25.2 Å². The lowest BCUT2D eigenvalue weighted by atomic mass is 9.98. The molecule has 0 saturated carbocycles. The van der Waals surface area contributed by atoms with Crippen LogP contribution in [0, 0.1) is 10.8 Å². The molecule has 2 heterocycles. The summed E-state index contributed by atoms with van der Waals surface area (Å²) in [6.07, 6.45) is -3.69. The van der Waals surface area contributed by atoms with Gasteiger partial charge in [0.25, 0.3) is 0 Å². The molecule has 1 aromatic rings. The maximum Gasteiger partial charge on any atom is 0.359 e. The summed E-state index contributed by atoms with van der Waals surface area (Å²) in [6, 6.07) is 1.23. The van der Waals surface area contributed by atoms with Crippen molar-refractivity contribution in [3.05, 3.63) is 34.6 Å². The summed E-state index contributed by atoms with van der Waals surface area (Å²) < 4.78 is 55.3. The number of hydrogen-bond donors (Lipinski definition) is 2. The second kappa shape index (κ2) is 12.4. The van der Waals surface area contributed by atoms with Gasteiger partial charge in [-0.2, -0.15) is 4.98 Å². The number of nitrogen functional groups attached to an aromatic ring is 1. The first-order valence-corrected chi connectivity index (χ1v) is 13.8. The maximum absolute atomic E-state index is 15.1. The molecule has 1 aliphatic heterocycles. The molecule has 0 amide bonds. The Morgan fingerprint density at radius 2 is 1.72 bits per heavy atom. The van der Waals surface area contributed by atoms with Gasteiger partial charge in [0.1, 0.15) is 17.5 Å². The molecule has 1 fully saturated rings. The minimum absolute atomic E-state index is 0.108. The van der Waals surface area contributed by atoms with E-state index >= 15 is 4.39 Å². The van der Waals surface area contributed by atoms with Crippen LogP contribution in [0.5, 0.6) is 0 Å². The lowest BCUT2D eigenvalue weighted by Gasteiger charge is -2.27. The Balaban J connectivity index is 2.31. The summed E-state index contributed by atoms with van der Waals surface area (Å²) >= 11 is 6.03. The number of anilines is 1. The van der Waals surface area contributed by atoms with Crippen molar-refractivity contribution in [3.8, 4) is 0 Å². The highest BCUT2D eigenvalue weighted by atomic mass is 35.5. The van der Waals surface area contributed by atoms with Crippen molar-refractivity contribution >= 4 is 37.0 Å². The van der Waals surface area contributed by atoms with Gasteiger partial charge in [0, 0.05) is 12.0 Å². The number of rotatable bonds is 10. The molecule has 1 saturated heterocycles. The highest BCUT2D eigenvalue weighted by molar-refractivity contribution is 7.57. The molecule has 4 unspecified atom stereocenters. The first-order valence-electron chi connectivity index (χ1n) is 11.7. The van der Waals surface area contributed by atoms with E-state index in [2.05, 4.69) is 4.98 Å². The number of aromatic nitrogens is 2. The first kappa shape index (κ1) is 32.9. The fraction of sp³-hybridized carbons (Fsp3) is 0.652. The summed E-state index contributed by atoms with van der Waals surface area (Å²) in [6.45, 7) is 7.90. The minimum atomic E-state index is -4.40. The second-order valence-electron chi connectivity index (χ2n) is 10.7. The molecule has 0 spiro atoms. The number of nitrogens with zero attached hydrogens (tertiary/aromatic N) is 2. The van der Waals surface area contributed by atoms with Crippen LogP contribution in [0.3, 0.4) is 0 Å². The van der Waals surface area contributed by atoms with Gasteiger partial charge in [-0.1, -0.05) is 0 Å². The van der Waals surface area contributed by atoms with Crippen molar-refractivity contribution in [3.63, 3.8) is 0 Å². The van der Waals surface area contributed by atoms with E-state index in [1.165, 1.54) is 6.07 Å². The van der Waals surface area contributed by atoms with Crippen LogP contribution >= 0.6 is 19.2 Å². The van der Waals surface area contributed by atoms with Gasteiger partial charge in [0.05, 0.1) is 16.7 Å². The molecule has 0 aromatic carbocycles. The molecule has 1 aliphatic rings. The third-order valence-electron chi connectivity index (χ3n) is 5.36. The van der Waals surface area contributed by atoms with E-state index < -0.39 is 79.6 Å². The van der Waals surface area contributed by atoms with E-state index in [1.54, 1.807) is 41.5 Å². The number of aliphatic hydroxyl groups excluding tert-OH is 1. The summed E-state index contributed by atoms with van der Waals surface area (Å²) in [5, 5.41) is 10.7. The van der Waals surface area contributed by atoms with Crippen molar-refractivity contribution < 1.29 is 46.9 Å². The fourth-order valence-corrected chi connectivity index (χ4v) is 4.38. The maximum atomic E-state index is 15.1. The molecule has 0 bridgehead atoms. The number of alkyl halides is 2. The van der Waals surface area contributed by atoms with Crippen LogP contribution in [0.15, 0.2) is 29.0 Å². The normalized spacial score (nSPS) is 24.2. The predicted octanol–water partition coefficient (Wildman–Crippen LogP) is 2.86. The summed E-state index contributed by atoms with van der Waals surface area (Å²) in [5.74, 6) is -1.21. The zero-order valence-corrected chi connectivity index (χ0v) is 24.1. The standard InChI is InChI=1S/C23H34ClFN3O10P/c1-21(2,3)18(30)34-12-36-39(33,37-13-35-19(31)22(4,5)6)10-8-23(11-24)16(29)15(25)17(38-23)28-9-7-14(26)27-20(28)32/h7-10,15-17,29H,11-13H2,1-6H3,(H2,26,27,32). The van der Waals surface area contributed by atoms with Gasteiger partial charge < -0.3 is 25.1 Å². The number of aliphatic hydroxyl groups is 1. The third kappa shape index (κ3) is 8.32. The van der Waals surface area contributed by atoms with Gasteiger partial charge in [0.15, 0.2) is 12.4 Å². The molecular formula is C23H34ClFN3O10P. The topological polar surface area (TPSA) is 178 Å². The Labute approximate surface area is 229 Å². The molecule has 13 nitrogen and oxygen atoms in total. The Morgan fingerprint density at radius 1 is 1.21 bits per heavy atom. The Bertz CT molecular complexity index is 1150. The van der Waals surface area contributed by atoms with E-state index in [9.17, 15) is 24.1 Å². The molecule has 220 valence electrons. The number of halogens is 2. The van der Waals surface area contributed by atoms with Crippen LogP contribution in [0.1, 0.15) is 47.8 Å². The van der Waals surface area contributed by atoms with Crippen molar-refractivity contribution in [2.45, 2.75) is 65.6 Å². The number of nitrogens with two attached hydrogens (primary N) is 1. The van der Waals surface area contributed by atoms with Crippen LogP contribution in [0.2, 0.25) is 0 Å². The predicted molar refractivity (Wildman–Crippen MR) is 137 cm³/mol. The van der Waals surface area contributed by atoms with Crippen molar-refractivity contribution in [2.24, 2.45) is 10.8 Å². The highest BCUT2D eigenvalue weighted by Crippen LogP contribution is 2.52. The molecule has 0 radical (unpaired) electrons. The van der Waals surface area contributed by atoms with Crippen molar-refractivity contribution in [1.29, 1.82) is 0 Å². The average Bonchev–Trinajstić information content (AvgIpc) is 3.07. The fourth-order valence-electron chi connectivity index (χ4n) is 2.99. The largest absolute Gasteiger partial charge is 0.438 e. The zero-order valence-electron chi connectivity index (χ0n) is 22.5. The third-order valence-corrected chi connectivity index (χ3v) is 7.22. The van der Waals surface area contributed by atoms with Crippen LogP contribution < -0.4 is 11.4 Å². The second-order valence-corrected chi connectivity index (χ2v) is 12.9. The van der Waals surface area contributed by atoms with Gasteiger partial charge in [-0.3, -0.25) is 27.8 Å². The van der Waals surface area contributed by atoms with Crippen molar-refractivity contribution in [2.75, 3.05) is 25.2 Å². The Kier molecular flexibility index (Phi) is 10.5. The summed E-state index contributed by atoms with van der Waals surface area (Å²) in [4.78, 5) is 39.8. The lowest BCUT2D eigenvalue weighted by Crippen LogP contribution is -2.42. The Morgan fingerprint density at radius 3 is 2.15 bits per heavy atom. The Hall–Kier alpha value is -2.35. The van der Waals surface area contributed by atoms with Crippen LogP contribution in [0.25, 0.3) is 0 Å². The van der Waals surface area contributed by atoms with Crippen LogP contribution in [-0.2, 0) is 37.4 Å². The molecule has 39 heavy (non-hydrogen) atoms. The number of ether oxygens (including phenoxy) is 3. The molecular weight excluding hydrogens is 564 g/mol. The average molecular weight is 598 g/mol. The van der Waals surface area contributed by atoms with Crippen LogP contribution in [0.4, 0.5) is 10.2 Å². The van der Waals surface area contributed by atoms with Gasteiger partial charge in [-0.15, -0.1) is 11.6 Å². The monoisotopic (exact) mass is 597 g/mol. The quantitative estimate of drug-likeness (QED) is 0.175. The van der Waals surface area contributed by atoms with E-state index in [1.807, 2.05) is 0 Å². The summed E-state index contributed by atoms with van der Waals surface area (Å²) in [5.41, 5.74) is 0.725. The number of esters is 2. The van der Waals surface area contributed by atoms with E-state index in [0.717, 1.165) is 22.7 Å².